The Morgan fingerprint density at radius 2 is 1.57 bits per heavy atom. The summed E-state index contributed by atoms with van der Waals surface area (Å²) >= 11 is 3.74. The minimum Gasteiger partial charge on any atom is -0.491 e. The molecule has 4 rings (SSSR count). The molecule has 4 aromatic rings. The summed E-state index contributed by atoms with van der Waals surface area (Å²) < 4.78 is 82.6. The van der Waals surface area contributed by atoms with Crippen molar-refractivity contribution in [1.29, 1.82) is 0 Å². The van der Waals surface area contributed by atoms with E-state index >= 15 is 0 Å². The second kappa shape index (κ2) is 15.1. The van der Waals surface area contributed by atoms with Crippen LogP contribution in [0.1, 0.15) is 47.1 Å². The molecule has 0 amide bonds. The van der Waals surface area contributed by atoms with Crippen LogP contribution in [0.15, 0.2) is 95.9 Å². The van der Waals surface area contributed by atoms with E-state index < -0.39 is 41.3 Å². The van der Waals surface area contributed by atoms with E-state index in [9.17, 15) is 31.4 Å². The molecule has 0 aliphatic rings. The van der Waals surface area contributed by atoms with Gasteiger partial charge in [0, 0.05) is 37.2 Å². The molecular formula is C33H32ClF4NO4S. The monoisotopic (exact) mass is 649 g/mol. The molecule has 0 bridgehead atoms. The Morgan fingerprint density at radius 1 is 0.955 bits per heavy atom. The highest BCUT2D eigenvalue weighted by Crippen LogP contribution is 2.37. The van der Waals surface area contributed by atoms with Gasteiger partial charge in [-0.25, -0.2) is 8.60 Å². The lowest BCUT2D eigenvalue weighted by molar-refractivity contribution is -0.137. The summed E-state index contributed by atoms with van der Waals surface area (Å²) in [5.74, 6) is -0.965. The van der Waals surface area contributed by atoms with E-state index in [0.29, 0.717) is 25.1 Å². The Hall–Kier alpha value is -3.28. The minimum atomic E-state index is -4.60. The van der Waals surface area contributed by atoms with Gasteiger partial charge in [0.15, 0.2) is 11.1 Å². The van der Waals surface area contributed by atoms with E-state index in [4.69, 9.17) is 16.3 Å². The molecule has 2 N–H and O–H groups in total. The van der Waals surface area contributed by atoms with Crippen molar-refractivity contribution in [2.24, 2.45) is 0 Å². The summed E-state index contributed by atoms with van der Waals surface area (Å²) in [6.07, 6.45) is -4.73. The highest BCUT2D eigenvalue weighted by Gasteiger charge is 2.34. The molecule has 0 saturated heterocycles. The van der Waals surface area contributed by atoms with Crippen LogP contribution in [0, 0.1) is 5.82 Å². The first-order chi connectivity index (χ1) is 21.0. The van der Waals surface area contributed by atoms with Crippen molar-refractivity contribution >= 4 is 22.7 Å². The fourth-order valence-corrected chi connectivity index (χ4v) is 5.93. The maximum Gasteiger partial charge on any atom is 0.417 e. The number of halogens is 5. The van der Waals surface area contributed by atoms with Crippen LogP contribution in [0.25, 0.3) is 0 Å². The molecule has 0 saturated carbocycles. The Balaban J connectivity index is 1.61. The molecule has 0 aliphatic heterocycles. The first kappa shape index (κ1) is 33.6. The van der Waals surface area contributed by atoms with Crippen LogP contribution >= 0.6 is 11.6 Å². The molecule has 234 valence electrons. The van der Waals surface area contributed by atoms with Crippen molar-refractivity contribution in [3.63, 3.8) is 0 Å². The molecule has 44 heavy (non-hydrogen) atoms. The number of benzene rings is 4. The highest BCUT2D eigenvalue weighted by atomic mass is 35.5. The Morgan fingerprint density at radius 3 is 2.11 bits per heavy atom. The van der Waals surface area contributed by atoms with Crippen molar-refractivity contribution in [1.82, 2.24) is 4.90 Å². The fourth-order valence-electron chi connectivity index (χ4n) is 5.05. The van der Waals surface area contributed by atoms with Crippen LogP contribution < -0.4 is 4.74 Å². The average Bonchev–Trinajstić information content (AvgIpc) is 2.99. The van der Waals surface area contributed by atoms with Gasteiger partial charge in [0.2, 0.25) is 0 Å². The van der Waals surface area contributed by atoms with Gasteiger partial charge < -0.3 is 14.4 Å². The van der Waals surface area contributed by atoms with E-state index in [2.05, 4.69) is 0 Å². The van der Waals surface area contributed by atoms with E-state index in [1.807, 2.05) is 65.6 Å². The summed E-state index contributed by atoms with van der Waals surface area (Å²) in [6, 6.07) is 25.7. The predicted molar refractivity (Wildman–Crippen MR) is 163 cm³/mol. The molecule has 0 aromatic heterocycles. The van der Waals surface area contributed by atoms with E-state index in [1.165, 1.54) is 12.1 Å². The normalized spacial score (nSPS) is 13.3. The third-order valence-electron chi connectivity index (χ3n) is 7.29. The molecule has 0 fully saturated rings. The number of aliphatic hydroxyl groups is 1. The first-order valence-electron chi connectivity index (χ1n) is 13.9. The van der Waals surface area contributed by atoms with Gasteiger partial charge in [-0.3, -0.25) is 4.90 Å². The van der Waals surface area contributed by atoms with Gasteiger partial charge in [-0.05, 0) is 42.2 Å². The second-order valence-corrected chi connectivity index (χ2v) is 11.7. The van der Waals surface area contributed by atoms with E-state index in [1.54, 1.807) is 13.0 Å². The quantitative estimate of drug-likeness (QED) is 0.113. The Labute approximate surface area is 261 Å². The lowest BCUT2D eigenvalue weighted by atomic mass is 9.90. The van der Waals surface area contributed by atoms with Gasteiger partial charge in [-0.2, -0.15) is 13.2 Å². The summed E-state index contributed by atoms with van der Waals surface area (Å²) in [7, 11) is 0. The molecular weight excluding hydrogens is 618 g/mol. The third-order valence-corrected chi connectivity index (χ3v) is 8.47. The molecule has 1 unspecified atom stereocenters. The molecule has 0 aliphatic carbocycles. The van der Waals surface area contributed by atoms with Crippen LogP contribution in [0.3, 0.4) is 0 Å². The van der Waals surface area contributed by atoms with Gasteiger partial charge >= 0.3 is 6.18 Å². The van der Waals surface area contributed by atoms with Crippen molar-refractivity contribution in [2.45, 2.75) is 49.6 Å². The fraction of sp³-hybridized carbons (Fsp3) is 0.273. The third kappa shape index (κ3) is 8.67. The molecule has 5 nitrogen and oxygen atoms in total. The summed E-state index contributed by atoms with van der Waals surface area (Å²) in [4.78, 5) is 1.72. The standard InChI is InChI=1S/C33H32ClF4NO4S/c1-22(43-26-17-30(35)28(21-40)31(18-26)44(41)42)15-16-39(19-25-13-8-14-29(32(25)34)33(36,37)38)20-27(23-9-4-2-5-10-23)24-11-6-3-7-12-24/h2-14,17-18,22,27,40H,15-16,19-21H2,1H3,(H,41,42)/t22-/m0/s1. The summed E-state index contributed by atoms with van der Waals surface area (Å²) in [6.45, 7) is 1.94. The van der Waals surface area contributed by atoms with Crippen LogP contribution in [0.4, 0.5) is 17.6 Å². The lowest BCUT2D eigenvalue weighted by Gasteiger charge is -2.30. The molecule has 4 aromatic carbocycles. The van der Waals surface area contributed by atoms with Gasteiger partial charge in [0.1, 0.15) is 11.6 Å². The van der Waals surface area contributed by atoms with Gasteiger partial charge in [-0.15, -0.1) is 0 Å². The largest absolute Gasteiger partial charge is 0.491 e. The summed E-state index contributed by atoms with van der Waals surface area (Å²) in [5, 5.41) is 9.05. The number of nitrogens with zero attached hydrogens (tertiary/aromatic N) is 1. The molecule has 11 heteroatoms. The number of rotatable bonds is 13. The van der Waals surface area contributed by atoms with Gasteiger partial charge in [-0.1, -0.05) is 84.4 Å². The van der Waals surface area contributed by atoms with E-state index in [0.717, 1.165) is 23.3 Å². The van der Waals surface area contributed by atoms with Crippen molar-refractivity contribution < 1.29 is 36.2 Å². The van der Waals surface area contributed by atoms with Gasteiger partial charge in [0.25, 0.3) is 0 Å². The molecule has 0 radical (unpaired) electrons. The molecule has 2 atom stereocenters. The topological polar surface area (TPSA) is 70.0 Å². The number of aliphatic hydroxyl groups excluding tert-OH is 1. The number of ether oxygens (including phenoxy) is 1. The predicted octanol–water partition coefficient (Wildman–Crippen LogP) is 8.06. The van der Waals surface area contributed by atoms with Crippen LogP contribution in [-0.4, -0.2) is 38.0 Å². The summed E-state index contributed by atoms with van der Waals surface area (Å²) in [5.41, 5.74) is 1.20. The van der Waals surface area contributed by atoms with Crippen molar-refractivity contribution in [2.75, 3.05) is 13.1 Å². The Bertz CT molecular complexity index is 1520. The van der Waals surface area contributed by atoms with Gasteiger partial charge in [0.05, 0.1) is 28.2 Å². The maximum absolute atomic E-state index is 14.5. The first-order valence-corrected chi connectivity index (χ1v) is 15.3. The average molecular weight is 650 g/mol. The molecule has 0 spiro atoms. The van der Waals surface area contributed by atoms with Crippen LogP contribution in [0.2, 0.25) is 5.02 Å². The van der Waals surface area contributed by atoms with Crippen molar-refractivity contribution in [3.8, 4) is 5.75 Å². The second-order valence-electron chi connectivity index (χ2n) is 10.4. The zero-order chi connectivity index (χ0) is 31.9. The highest BCUT2D eigenvalue weighted by molar-refractivity contribution is 7.79. The van der Waals surface area contributed by atoms with Crippen molar-refractivity contribution in [3.05, 3.63) is 130 Å². The lowest BCUT2D eigenvalue weighted by Crippen LogP contribution is -2.32. The minimum absolute atomic E-state index is 0.0171. The smallest absolute Gasteiger partial charge is 0.417 e. The molecule has 0 heterocycles. The number of alkyl halides is 3. The number of hydrogen-bond donors (Lipinski definition) is 2. The maximum atomic E-state index is 14.5. The number of hydrogen-bond acceptors (Lipinski definition) is 4. The SMILES string of the molecule is C[C@@H](CCN(Cc1cccc(C(F)(F)F)c1Cl)CC(c1ccccc1)c1ccccc1)Oc1cc(F)c(CO)c(S(=O)O)c1. The Kier molecular flexibility index (Phi) is 11.6. The van der Waals surface area contributed by atoms with Crippen LogP contribution in [0.5, 0.6) is 5.75 Å². The zero-order valence-electron chi connectivity index (χ0n) is 23.8. The van der Waals surface area contributed by atoms with E-state index in [-0.39, 0.29) is 33.7 Å². The van der Waals surface area contributed by atoms with Crippen LogP contribution in [-0.2, 0) is 30.4 Å². The zero-order valence-corrected chi connectivity index (χ0v) is 25.4.